The highest BCUT2D eigenvalue weighted by Gasteiger charge is 2.38. The Morgan fingerprint density at radius 2 is 1.63 bits per heavy atom. The fourth-order valence-electron chi connectivity index (χ4n) is 4.17. The van der Waals surface area contributed by atoms with Crippen molar-refractivity contribution in [2.24, 2.45) is 0 Å². The number of amides is 5. The van der Waals surface area contributed by atoms with Crippen molar-refractivity contribution in [2.45, 2.75) is 45.1 Å². The Morgan fingerprint density at radius 3 is 2.26 bits per heavy atom. The van der Waals surface area contributed by atoms with E-state index in [0.29, 0.717) is 6.42 Å². The number of methoxy groups -OCH3 is 1. The van der Waals surface area contributed by atoms with Crippen LogP contribution in [0.5, 0.6) is 5.75 Å². The number of aryl methyl sites for hydroxylation is 2. The maximum absolute atomic E-state index is 12.7. The van der Waals surface area contributed by atoms with E-state index >= 15 is 0 Å². The summed E-state index contributed by atoms with van der Waals surface area (Å²) >= 11 is 0. The van der Waals surface area contributed by atoms with Crippen molar-refractivity contribution in [3.63, 3.8) is 0 Å². The van der Waals surface area contributed by atoms with Gasteiger partial charge in [-0.2, -0.15) is 0 Å². The Bertz CT molecular complexity index is 1200. The molecule has 0 saturated carbocycles. The molecule has 11 heteroatoms. The lowest BCUT2D eigenvalue weighted by molar-refractivity contribution is -0.135. The first kappa shape index (κ1) is 28.3. The maximum Gasteiger partial charge on any atom is 0.267 e. The minimum absolute atomic E-state index is 0.137. The normalized spacial score (nSPS) is 13.1. The molecule has 1 aliphatic heterocycles. The summed E-state index contributed by atoms with van der Waals surface area (Å²) in [6.07, 6.45) is 2.45. The topological polar surface area (TPSA) is 154 Å². The Kier molecular flexibility index (Phi) is 9.94. The van der Waals surface area contributed by atoms with Gasteiger partial charge in [0, 0.05) is 25.9 Å². The van der Waals surface area contributed by atoms with E-state index in [0.717, 1.165) is 23.3 Å². The SMILES string of the molecule is CCCc1ccc(CCC(=O)NC[C@H](NC(=O)CCN2C(=O)c3cccc(OC)c3C2=O)C(=O)NO)cc1. The van der Waals surface area contributed by atoms with Crippen molar-refractivity contribution in [2.75, 3.05) is 20.2 Å². The summed E-state index contributed by atoms with van der Waals surface area (Å²) < 4.78 is 5.16. The van der Waals surface area contributed by atoms with Crippen molar-refractivity contribution >= 4 is 29.5 Å². The Balaban J connectivity index is 1.49. The summed E-state index contributed by atoms with van der Waals surface area (Å²) in [5.41, 5.74) is 4.03. The van der Waals surface area contributed by atoms with Gasteiger partial charge in [0.25, 0.3) is 17.7 Å². The van der Waals surface area contributed by atoms with Crippen LogP contribution >= 0.6 is 0 Å². The van der Waals surface area contributed by atoms with Crippen LogP contribution in [0.15, 0.2) is 42.5 Å². The summed E-state index contributed by atoms with van der Waals surface area (Å²) in [4.78, 5) is 63.1. The zero-order valence-electron chi connectivity index (χ0n) is 21.4. The number of hydroxylamine groups is 1. The van der Waals surface area contributed by atoms with E-state index in [1.807, 2.05) is 24.3 Å². The van der Waals surface area contributed by atoms with Gasteiger partial charge < -0.3 is 15.4 Å². The molecular weight excluding hydrogens is 492 g/mol. The molecule has 0 fully saturated rings. The van der Waals surface area contributed by atoms with Gasteiger partial charge in [-0.25, -0.2) is 5.48 Å². The smallest absolute Gasteiger partial charge is 0.267 e. The molecule has 1 heterocycles. The molecule has 0 radical (unpaired) electrons. The van der Waals surface area contributed by atoms with E-state index in [4.69, 9.17) is 9.94 Å². The predicted octanol–water partition coefficient (Wildman–Crippen LogP) is 1.37. The molecule has 0 saturated heterocycles. The number of imide groups is 1. The van der Waals surface area contributed by atoms with Crippen LogP contribution in [-0.2, 0) is 27.2 Å². The van der Waals surface area contributed by atoms with Gasteiger partial charge in [-0.15, -0.1) is 0 Å². The lowest BCUT2D eigenvalue weighted by Crippen LogP contribution is -2.52. The average Bonchev–Trinajstić information content (AvgIpc) is 3.18. The monoisotopic (exact) mass is 524 g/mol. The molecule has 11 nitrogen and oxygen atoms in total. The van der Waals surface area contributed by atoms with Crippen molar-refractivity contribution in [1.29, 1.82) is 0 Å². The summed E-state index contributed by atoms with van der Waals surface area (Å²) in [7, 11) is 1.39. The van der Waals surface area contributed by atoms with Gasteiger partial charge in [-0.1, -0.05) is 43.7 Å². The molecule has 3 rings (SSSR count). The molecule has 0 unspecified atom stereocenters. The van der Waals surface area contributed by atoms with Crippen LogP contribution < -0.4 is 20.9 Å². The van der Waals surface area contributed by atoms with Gasteiger partial charge in [0.1, 0.15) is 11.8 Å². The van der Waals surface area contributed by atoms with Gasteiger partial charge in [0.05, 0.1) is 18.2 Å². The number of nitrogens with one attached hydrogen (secondary N) is 3. The van der Waals surface area contributed by atoms with Gasteiger partial charge in [0.2, 0.25) is 11.8 Å². The predicted molar refractivity (Wildman–Crippen MR) is 137 cm³/mol. The number of benzene rings is 2. The third-order valence-corrected chi connectivity index (χ3v) is 6.21. The van der Waals surface area contributed by atoms with Crippen LogP contribution in [0, 0.1) is 0 Å². The average molecular weight is 525 g/mol. The zero-order chi connectivity index (χ0) is 27.7. The first-order valence-corrected chi connectivity index (χ1v) is 12.4. The highest BCUT2D eigenvalue weighted by molar-refractivity contribution is 6.22. The summed E-state index contributed by atoms with van der Waals surface area (Å²) in [5.74, 6) is -2.76. The highest BCUT2D eigenvalue weighted by atomic mass is 16.5. The fraction of sp³-hybridized carbons (Fsp3) is 0.370. The number of carbonyl (C=O) groups excluding carboxylic acids is 5. The third kappa shape index (κ3) is 6.94. The van der Waals surface area contributed by atoms with E-state index < -0.39 is 29.7 Å². The molecule has 0 aromatic heterocycles. The molecule has 0 bridgehead atoms. The van der Waals surface area contributed by atoms with Gasteiger partial charge >= 0.3 is 0 Å². The van der Waals surface area contributed by atoms with Crippen LogP contribution in [0.4, 0.5) is 0 Å². The largest absolute Gasteiger partial charge is 0.496 e. The number of hydrogen-bond acceptors (Lipinski definition) is 7. The second kappa shape index (κ2) is 13.3. The number of rotatable bonds is 13. The van der Waals surface area contributed by atoms with E-state index in [9.17, 15) is 24.0 Å². The lowest BCUT2D eigenvalue weighted by Gasteiger charge is -2.19. The molecule has 202 valence electrons. The second-order valence-corrected chi connectivity index (χ2v) is 8.86. The van der Waals surface area contributed by atoms with Crippen molar-refractivity contribution in [1.82, 2.24) is 21.0 Å². The molecule has 1 atom stereocenters. The fourth-order valence-corrected chi connectivity index (χ4v) is 4.17. The maximum atomic E-state index is 12.7. The molecule has 5 amide bonds. The summed E-state index contributed by atoms with van der Waals surface area (Å²) in [5, 5.41) is 14.0. The first-order valence-electron chi connectivity index (χ1n) is 12.4. The Hall–Kier alpha value is -4.25. The molecular formula is C27H32N4O7. The number of hydrogen-bond donors (Lipinski definition) is 4. The van der Waals surface area contributed by atoms with E-state index in [-0.39, 0.29) is 48.7 Å². The molecule has 0 spiro atoms. The molecule has 2 aromatic rings. The van der Waals surface area contributed by atoms with Crippen molar-refractivity contribution in [3.8, 4) is 5.75 Å². The minimum Gasteiger partial charge on any atom is -0.496 e. The zero-order valence-corrected chi connectivity index (χ0v) is 21.4. The van der Waals surface area contributed by atoms with Gasteiger partial charge in [-0.05, 0) is 36.1 Å². The number of fused-ring (bicyclic) bond motifs is 1. The summed E-state index contributed by atoms with van der Waals surface area (Å²) in [6, 6.07) is 11.4. The van der Waals surface area contributed by atoms with E-state index in [1.165, 1.54) is 24.2 Å². The van der Waals surface area contributed by atoms with Crippen molar-refractivity contribution < 1.29 is 33.9 Å². The van der Waals surface area contributed by atoms with Crippen LogP contribution in [0.3, 0.4) is 0 Å². The second-order valence-electron chi connectivity index (χ2n) is 8.86. The third-order valence-electron chi connectivity index (χ3n) is 6.21. The number of nitrogens with zero attached hydrogens (tertiary/aromatic N) is 1. The van der Waals surface area contributed by atoms with Gasteiger partial charge in [-0.3, -0.25) is 34.1 Å². The molecule has 0 aliphatic carbocycles. The quantitative estimate of drug-likeness (QED) is 0.175. The van der Waals surface area contributed by atoms with Crippen LogP contribution in [0.1, 0.15) is 58.0 Å². The van der Waals surface area contributed by atoms with E-state index in [1.54, 1.807) is 12.1 Å². The lowest BCUT2D eigenvalue weighted by atomic mass is 10.0. The standard InChI is InChI=1S/C27H32N4O7/c1-3-5-17-8-10-18(11-9-17)12-13-22(32)28-16-20(25(34)30-37)29-23(33)14-15-31-26(35)19-6-4-7-21(38-2)24(19)27(31)36/h4,6-11,20,37H,3,5,12-16H2,1-2H3,(H,28,32)(H,29,33)(H,30,34)/t20-/m0/s1. The molecule has 2 aromatic carbocycles. The van der Waals surface area contributed by atoms with Crippen LogP contribution in [0.25, 0.3) is 0 Å². The highest BCUT2D eigenvalue weighted by Crippen LogP contribution is 2.30. The molecule has 4 N–H and O–H groups in total. The Morgan fingerprint density at radius 1 is 0.947 bits per heavy atom. The summed E-state index contributed by atoms with van der Waals surface area (Å²) in [6.45, 7) is 1.63. The molecule has 38 heavy (non-hydrogen) atoms. The van der Waals surface area contributed by atoms with Crippen molar-refractivity contribution in [3.05, 3.63) is 64.7 Å². The van der Waals surface area contributed by atoms with Gasteiger partial charge in [0.15, 0.2) is 0 Å². The number of ether oxygens (including phenoxy) is 1. The van der Waals surface area contributed by atoms with E-state index in [2.05, 4.69) is 17.6 Å². The van der Waals surface area contributed by atoms with Crippen LogP contribution in [-0.4, -0.2) is 65.9 Å². The molecule has 1 aliphatic rings. The van der Waals surface area contributed by atoms with Crippen LogP contribution in [0.2, 0.25) is 0 Å². The number of carbonyl (C=O) groups is 5. The Labute approximate surface area is 220 Å². The first-order chi connectivity index (χ1) is 18.3. The minimum atomic E-state index is -1.26.